The SMILES string of the molecule is O=C(O)Cc1cc(F)ccc1CI. The van der Waals surface area contributed by atoms with E-state index in [4.69, 9.17) is 5.11 Å². The van der Waals surface area contributed by atoms with E-state index in [0.717, 1.165) is 5.56 Å². The number of carboxylic acid groups (broad SMARTS) is 1. The fourth-order valence-corrected chi connectivity index (χ4v) is 1.80. The first kappa shape index (κ1) is 10.4. The summed E-state index contributed by atoms with van der Waals surface area (Å²) in [5.74, 6) is -1.32. The third-order valence-electron chi connectivity index (χ3n) is 1.65. The van der Waals surface area contributed by atoms with Gasteiger partial charge in [-0.3, -0.25) is 4.79 Å². The molecule has 0 radical (unpaired) electrons. The van der Waals surface area contributed by atoms with Gasteiger partial charge in [-0.2, -0.15) is 0 Å². The van der Waals surface area contributed by atoms with Crippen LogP contribution >= 0.6 is 22.6 Å². The third-order valence-corrected chi connectivity index (χ3v) is 2.48. The van der Waals surface area contributed by atoms with Crippen LogP contribution in [0.25, 0.3) is 0 Å². The molecule has 0 unspecified atom stereocenters. The predicted molar refractivity (Wildman–Crippen MR) is 55.5 cm³/mol. The fourth-order valence-electron chi connectivity index (χ4n) is 1.05. The fraction of sp³-hybridized carbons (Fsp3) is 0.222. The van der Waals surface area contributed by atoms with Crippen molar-refractivity contribution < 1.29 is 14.3 Å². The minimum absolute atomic E-state index is 0.115. The van der Waals surface area contributed by atoms with Crippen LogP contribution in [0.5, 0.6) is 0 Å². The molecule has 13 heavy (non-hydrogen) atoms. The average molecular weight is 294 g/mol. The molecule has 1 aromatic rings. The zero-order valence-electron chi connectivity index (χ0n) is 6.76. The molecule has 70 valence electrons. The molecular formula is C9H8FIO2. The monoisotopic (exact) mass is 294 g/mol. The average Bonchev–Trinajstić information content (AvgIpc) is 2.03. The second-order valence-electron chi connectivity index (χ2n) is 2.62. The molecule has 0 aliphatic heterocycles. The Morgan fingerprint density at radius 1 is 1.46 bits per heavy atom. The van der Waals surface area contributed by atoms with Crippen LogP contribution in [0, 0.1) is 5.82 Å². The lowest BCUT2D eigenvalue weighted by Gasteiger charge is -2.03. The van der Waals surface area contributed by atoms with Crippen LogP contribution in [0.3, 0.4) is 0 Å². The van der Waals surface area contributed by atoms with Gasteiger partial charge in [0.15, 0.2) is 0 Å². The number of carbonyl (C=O) groups is 1. The maximum atomic E-state index is 12.7. The van der Waals surface area contributed by atoms with E-state index in [1.54, 1.807) is 6.07 Å². The summed E-state index contributed by atoms with van der Waals surface area (Å²) in [6.07, 6.45) is -0.115. The van der Waals surface area contributed by atoms with E-state index < -0.39 is 5.97 Å². The summed E-state index contributed by atoms with van der Waals surface area (Å²) in [5, 5.41) is 8.55. The van der Waals surface area contributed by atoms with Crippen LogP contribution < -0.4 is 0 Å². The van der Waals surface area contributed by atoms with E-state index >= 15 is 0 Å². The molecule has 0 spiro atoms. The molecule has 0 fully saturated rings. The molecule has 0 bridgehead atoms. The molecule has 0 aliphatic carbocycles. The highest BCUT2D eigenvalue weighted by molar-refractivity contribution is 14.1. The van der Waals surface area contributed by atoms with Crippen molar-refractivity contribution in [1.29, 1.82) is 0 Å². The molecule has 0 heterocycles. The van der Waals surface area contributed by atoms with Gasteiger partial charge in [0.05, 0.1) is 6.42 Å². The highest BCUT2D eigenvalue weighted by atomic mass is 127. The van der Waals surface area contributed by atoms with Crippen LogP contribution in [0.1, 0.15) is 11.1 Å². The van der Waals surface area contributed by atoms with Gasteiger partial charge in [0, 0.05) is 4.43 Å². The largest absolute Gasteiger partial charge is 0.481 e. The Bertz CT molecular complexity index is 325. The zero-order chi connectivity index (χ0) is 9.84. The number of aliphatic carboxylic acids is 1. The molecule has 0 atom stereocenters. The van der Waals surface area contributed by atoms with Crippen molar-refractivity contribution in [3.05, 3.63) is 35.1 Å². The smallest absolute Gasteiger partial charge is 0.307 e. The highest BCUT2D eigenvalue weighted by Gasteiger charge is 2.06. The van der Waals surface area contributed by atoms with E-state index in [-0.39, 0.29) is 12.2 Å². The molecule has 0 aliphatic rings. The number of halogens is 2. The topological polar surface area (TPSA) is 37.3 Å². The maximum absolute atomic E-state index is 12.7. The lowest BCUT2D eigenvalue weighted by Crippen LogP contribution is -2.03. The number of rotatable bonds is 3. The minimum Gasteiger partial charge on any atom is -0.481 e. The van der Waals surface area contributed by atoms with Crippen molar-refractivity contribution in [1.82, 2.24) is 0 Å². The molecule has 0 amide bonds. The first-order chi connectivity index (χ1) is 6.13. The molecule has 0 saturated heterocycles. The number of alkyl halides is 1. The van der Waals surface area contributed by atoms with Crippen LogP contribution in [-0.4, -0.2) is 11.1 Å². The maximum Gasteiger partial charge on any atom is 0.307 e. The standard InChI is InChI=1S/C9H8FIO2/c10-8-2-1-6(5-11)7(3-8)4-9(12)13/h1-3H,4-5H2,(H,12,13). The summed E-state index contributed by atoms with van der Waals surface area (Å²) < 4.78 is 13.4. The molecule has 1 rings (SSSR count). The minimum atomic E-state index is -0.934. The van der Waals surface area contributed by atoms with E-state index in [1.165, 1.54) is 12.1 Å². The van der Waals surface area contributed by atoms with Gasteiger partial charge in [-0.1, -0.05) is 28.7 Å². The first-order valence-electron chi connectivity index (χ1n) is 3.68. The Balaban J connectivity index is 3.01. The van der Waals surface area contributed by atoms with Gasteiger partial charge in [0.25, 0.3) is 0 Å². The molecule has 4 heteroatoms. The van der Waals surface area contributed by atoms with Crippen molar-refractivity contribution in [3.8, 4) is 0 Å². The van der Waals surface area contributed by atoms with Gasteiger partial charge < -0.3 is 5.11 Å². The van der Waals surface area contributed by atoms with Crippen LogP contribution in [0.15, 0.2) is 18.2 Å². The summed E-state index contributed by atoms with van der Waals surface area (Å²) in [6, 6.07) is 4.25. The molecule has 1 N–H and O–H groups in total. The van der Waals surface area contributed by atoms with Crippen molar-refractivity contribution in [2.75, 3.05) is 0 Å². The highest BCUT2D eigenvalue weighted by Crippen LogP contribution is 2.15. The van der Waals surface area contributed by atoms with Crippen molar-refractivity contribution in [2.24, 2.45) is 0 Å². The van der Waals surface area contributed by atoms with Crippen molar-refractivity contribution in [3.63, 3.8) is 0 Å². The molecular weight excluding hydrogens is 286 g/mol. The first-order valence-corrected chi connectivity index (χ1v) is 5.21. The summed E-state index contributed by atoms with van der Waals surface area (Å²) >= 11 is 2.12. The summed E-state index contributed by atoms with van der Waals surface area (Å²) in [4.78, 5) is 10.4. The van der Waals surface area contributed by atoms with Gasteiger partial charge >= 0.3 is 5.97 Å². The Morgan fingerprint density at radius 2 is 2.15 bits per heavy atom. The second-order valence-corrected chi connectivity index (χ2v) is 3.38. The van der Waals surface area contributed by atoms with E-state index in [1.807, 2.05) is 0 Å². The van der Waals surface area contributed by atoms with E-state index in [9.17, 15) is 9.18 Å². The van der Waals surface area contributed by atoms with Gasteiger partial charge in [-0.25, -0.2) is 4.39 Å². The lowest BCUT2D eigenvalue weighted by molar-refractivity contribution is -0.136. The number of hydrogen-bond acceptors (Lipinski definition) is 1. The van der Waals surface area contributed by atoms with Crippen LogP contribution in [0.4, 0.5) is 4.39 Å². The van der Waals surface area contributed by atoms with E-state index in [2.05, 4.69) is 22.6 Å². The van der Waals surface area contributed by atoms with Gasteiger partial charge in [0.1, 0.15) is 5.82 Å². The number of carboxylic acids is 1. The molecule has 0 aromatic heterocycles. The molecule has 0 saturated carbocycles. The third kappa shape index (κ3) is 2.95. The van der Waals surface area contributed by atoms with Gasteiger partial charge in [-0.15, -0.1) is 0 Å². The van der Waals surface area contributed by atoms with Crippen LogP contribution in [0.2, 0.25) is 0 Å². The Hall–Kier alpha value is -0.650. The Kier molecular flexibility index (Phi) is 3.65. The second kappa shape index (κ2) is 4.55. The zero-order valence-corrected chi connectivity index (χ0v) is 8.92. The Morgan fingerprint density at radius 3 is 2.69 bits per heavy atom. The van der Waals surface area contributed by atoms with Crippen molar-refractivity contribution >= 4 is 28.6 Å². The van der Waals surface area contributed by atoms with Gasteiger partial charge in [-0.05, 0) is 23.3 Å². The number of benzene rings is 1. The van der Waals surface area contributed by atoms with Crippen LogP contribution in [-0.2, 0) is 15.6 Å². The van der Waals surface area contributed by atoms with Crippen molar-refractivity contribution in [2.45, 2.75) is 10.8 Å². The number of hydrogen-bond donors (Lipinski definition) is 1. The van der Waals surface area contributed by atoms with Gasteiger partial charge in [0.2, 0.25) is 0 Å². The summed E-state index contributed by atoms with van der Waals surface area (Å²) in [5.41, 5.74) is 1.44. The molecule has 1 aromatic carbocycles. The quantitative estimate of drug-likeness (QED) is 0.686. The summed E-state index contributed by atoms with van der Waals surface area (Å²) in [6.45, 7) is 0. The Labute approximate surface area is 88.9 Å². The lowest BCUT2D eigenvalue weighted by atomic mass is 10.1. The van der Waals surface area contributed by atoms with E-state index in [0.29, 0.717) is 9.99 Å². The normalized spacial score (nSPS) is 10.0. The predicted octanol–water partition coefficient (Wildman–Crippen LogP) is 2.39. The molecule has 2 nitrogen and oxygen atoms in total. The summed E-state index contributed by atoms with van der Waals surface area (Å²) in [7, 11) is 0.